The lowest BCUT2D eigenvalue weighted by molar-refractivity contribution is 0.0975. The molecule has 0 saturated heterocycles. The van der Waals surface area contributed by atoms with Gasteiger partial charge < -0.3 is 0 Å². The van der Waals surface area contributed by atoms with Crippen molar-refractivity contribution in [1.82, 2.24) is 0 Å². The van der Waals surface area contributed by atoms with E-state index in [1.54, 1.807) is 0 Å². The molecule has 1 rings (SSSR count). The smallest absolute Gasteiger partial charge is 0.294 e. The molecule has 0 aliphatic heterocycles. The van der Waals surface area contributed by atoms with Crippen molar-refractivity contribution in [2.24, 2.45) is 5.92 Å². The number of halogens is 2. The highest BCUT2D eigenvalue weighted by atomic mass is 35.5. The zero-order valence-electron chi connectivity index (χ0n) is 9.49. The molecule has 4 heteroatoms. The molecule has 0 spiro atoms. The van der Waals surface area contributed by atoms with Crippen LogP contribution in [0.4, 0.5) is 0 Å². The zero-order valence-corrected chi connectivity index (χ0v) is 11.0. The zero-order chi connectivity index (χ0) is 12.1. The fourth-order valence-electron chi connectivity index (χ4n) is 1.57. The first-order valence-electron chi connectivity index (χ1n) is 5.38. The molecule has 0 saturated carbocycles. The van der Waals surface area contributed by atoms with E-state index in [4.69, 9.17) is 22.9 Å². The van der Waals surface area contributed by atoms with Gasteiger partial charge in [-0.2, -0.15) is 22.9 Å². The number of carbonyl (C=O) groups excluding carboxylic acids is 1. The number of ketones is 1. The third kappa shape index (κ3) is 3.84. The van der Waals surface area contributed by atoms with Gasteiger partial charge in [0.1, 0.15) is 0 Å². The third-order valence-electron chi connectivity index (χ3n) is 2.70. The van der Waals surface area contributed by atoms with Gasteiger partial charge in [-0.3, -0.25) is 4.79 Å². The van der Waals surface area contributed by atoms with Crippen LogP contribution in [0, 0.1) is 5.92 Å². The molecule has 0 bridgehead atoms. The van der Waals surface area contributed by atoms with Gasteiger partial charge >= 0.3 is 5.54 Å². The summed E-state index contributed by atoms with van der Waals surface area (Å²) in [7, 11) is 0. The SMILES string of the molecule is CC(C)C(CC(=O)c1ccccc1)B(Cl)Cl. The molecule has 0 aromatic heterocycles. The molecular formula is C12H15BCl2O. The molecule has 0 aliphatic rings. The molecule has 1 aromatic rings. The van der Waals surface area contributed by atoms with Crippen LogP contribution in [0.5, 0.6) is 0 Å². The Morgan fingerprint density at radius 2 is 1.81 bits per heavy atom. The number of hydrogen-bond donors (Lipinski definition) is 0. The normalized spacial score (nSPS) is 12.6. The van der Waals surface area contributed by atoms with E-state index >= 15 is 0 Å². The predicted octanol–water partition coefficient (Wildman–Crippen LogP) is 4.25. The van der Waals surface area contributed by atoms with E-state index in [-0.39, 0.29) is 11.6 Å². The molecule has 1 nitrogen and oxygen atoms in total. The highest BCUT2D eigenvalue weighted by molar-refractivity contribution is 7.34. The first-order chi connectivity index (χ1) is 7.52. The molecule has 16 heavy (non-hydrogen) atoms. The third-order valence-corrected chi connectivity index (χ3v) is 3.34. The summed E-state index contributed by atoms with van der Waals surface area (Å²) in [5.74, 6) is 0.411. The van der Waals surface area contributed by atoms with Crippen LogP contribution in [0.15, 0.2) is 30.3 Å². The molecular weight excluding hydrogens is 242 g/mol. The van der Waals surface area contributed by atoms with Crippen LogP contribution in [0.25, 0.3) is 0 Å². The molecule has 0 heterocycles. The molecule has 1 unspecified atom stereocenters. The lowest BCUT2D eigenvalue weighted by Crippen LogP contribution is -2.18. The minimum Gasteiger partial charge on any atom is -0.294 e. The van der Waals surface area contributed by atoms with E-state index in [1.165, 1.54) is 0 Å². The number of benzene rings is 1. The molecule has 0 amide bonds. The highest BCUT2D eigenvalue weighted by Crippen LogP contribution is 2.30. The van der Waals surface area contributed by atoms with Gasteiger partial charge in [0, 0.05) is 12.0 Å². The van der Waals surface area contributed by atoms with E-state index < -0.39 is 5.54 Å². The van der Waals surface area contributed by atoms with Gasteiger partial charge in [-0.15, -0.1) is 0 Å². The van der Waals surface area contributed by atoms with Gasteiger partial charge in [-0.05, 0) is 11.7 Å². The van der Waals surface area contributed by atoms with Crippen molar-refractivity contribution in [3.63, 3.8) is 0 Å². The molecule has 1 atom stereocenters. The second-order valence-electron chi connectivity index (χ2n) is 4.24. The van der Waals surface area contributed by atoms with Crippen LogP contribution < -0.4 is 0 Å². The van der Waals surface area contributed by atoms with Crippen molar-refractivity contribution < 1.29 is 4.79 Å². The second-order valence-corrected chi connectivity index (χ2v) is 5.40. The molecule has 0 radical (unpaired) electrons. The lowest BCUT2D eigenvalue weighted by Gasteiger charge is -2.18. The summed E-state index contributed by atoms with van der Waals surface area (Å²) >= 11 is 11.8. The summed E-state index contributed by atoms with van der Waals surface area (Å²) in [6.07, 6.45) is 0.402. The van der Waals surface area contributed by atoms with Gasteiger partial charge in [-0.1, -0.05) is 44.2 Å². The Labute approximate surface area is 107 Å². The number of carbonyl (C=O) groups is 1. The highest BCUT2D eigenvalue weighted by Gasteiger charge is 2.27. The quantitative estimate of drug-likeness (QED) is 0.569. The molecule has 0 fully saturated rings. The maximum atomic E-state index is 11.9. The summed E-state index contributed by atoms with van der Waals surface area (Å²) in [5.41, 5.74) is 0.231. The van der Waals surface area contributed by atoms with Crippen molar-refractivity contribution in [1.29, 1.82) is 0 Å². The van der Waals surface area contributed by atoms with Crippen molar-refractivity contribution >= 4 is 34.2 Å². The van der Waals surface area contributed by atoms with Gasteiger partial charge in [0.25, 0.3) is 0 Å². The fourth-order valence-corrected chi connectivity index (χ4v) is 2.33. The lowest BCUT2D eigenvalue weighted by atomic mass is 9.72. The Kier molecular flexibility index (Phi) is 5.37. The predicted molar refractivity (Wildman–Crippen MR) is 71.4 cm³/mol. The summed E-state index contributed by atoms with van der Waals surface area (Å²) in [6.45, 7) is 4.06. The molecule has 86 valence electrons. The van der Waals surface area contributed by atoms with Crippen LogP contribution in [0.1, 0.15) is 30.6 Å². The van der Waals surface area contributed by atoms with Crippen LogP contribution >= 0.6 is 22.9 Å². The number of Topliss-reactive ketones (excluding diaryl/α,β-unsaturated/α-hetero) is 1. The Morgan fingerprint density at radius 3 is 2.25 bits per heavy atom. The van der Waals surface area contributed by atoms with E-state index in [9.17, 15) is 4.79 Å². The standard InChI is InChI=1S/C12H15BCl2O/c1-9(2)11(13(14)15)8-12(16)10-6-4-3-5-7-10/h3-7,9,11H,8H2,1-2H3. The van der Waals surface area contributed by atoms with E-state index in [2.05, 4.69) is 0 Å². The summed E-state index contributed by atoms with van der Waals surface area (Å²) in [4.78, 5) is 11.9. The van der Waals surface area contributed by atoms with Crippen LogP contribution in [-0.4, -0.2) is 11.3 Å². The fraction of sp³-hybridized carbons (Fsp3) is 0.417. The number of hydrogen-bond acceptors (Lipinski definition) is 1. The van der Waals surface area contributed by atoms with E-state index in [1.807, 2.05) is 44.2 Å². The topological polar surface area (TPSA) is 17.1 Å². The minimum atomic E-state index is -0.493. The summed E-state index contributed by atoms with van der Waals surface area (Å²) in [5, 5.41) is 0. The van der Waals surface area contributed by atoms with Crippen molar-refractivity contribution in [2.45, 2.75) is 26.1 Å². The van der Waals surface area contributed by atoms with Gasteiger partial charge in [0.15, 0.2) is 5.78 Å². The Hall–Kier alpha value is -0.465. The van der Waals surface area contributed by atoms with Crippen molar-refractivity contribution in [3.05, 3.63) is 35.9 Å². The molecule has 0 N–H and O–H groups in total. The number of rotatable bonds is 5. The minimum absolute atomic E-state index is 0.0102. The average molecular weight is 257 g/mol. The van der Waals surface area contributed by atoms with Crippen LogP contribution in [0.3, 0.4) is 0 Å². The molecule has 0 aliphatic carbocycles. The second kappa shape index (κ2) is 6.31. The van der Waals surface area contributed by atoms with E-state index in [0.717, 1.165) is 5.56 Å². The first-order valence-corrected chi connectivity index (χ1v) is 6.26. The van der Waals surface area contributed by atoms with Crippen molar-refractivity contribution in [3.8, 4) is 0 Å². The van der Waals surface area contributed by atoms with Crippen LogP contribution in [-0.2, 0) is 0 Å². The summed E-state index contributed by atoms with van der Waals surface area (Å²) < 4.78 is 0. The van der Waals surface area contributed by atoms with Gasteiger partial charge in [0.05, 0.1) is 0 Å². The largest absolute Gasteiger partial charge is 0.355 e. The average Bonchev–Trinajstić information content (AvgIpc) is 2.25. The summed E-state index contributed by atoms with van der Waals surface area (Å²) in [6, 6.07) is 9.24. The Bertz CT molecular complexity index is 330. The maximum Gasteiger partial charge on any atom is 0.355 e. The Morgan fingerprint density at radius 1 is 1.25 bits per heavy atom. The molecule has 1 aromatic carbocycles. The maximum absolute atomic E-state index is 11.9. The van der Waals surface area contributed by atoms with E-state index in [0.29, 0.717) is 12.3 Å². The van der Waals surface area contributed by atoms with Gasteiger partial charge in [0.2, 0.25) is 0 Å². The van der Waals surface area contributed by atoms with Crippen molar-refractivity contribution in [2.75, 3.05) is 0 Å². The van der Waals surface area contributed by atoms with Crippen LogP contribution in [0.2, 0.25) is 5.82 Å². The first kappa shape index (κ1) is 13.6. The monoisotopic (exact) mass is 256 g/mol. The Balaban J connectivity index is 2.70. The van der Waals surface area contributed by atoms with Gasteiger partial charge in [-0.25, -0.2) is 0 Å².